The molecule has 0 aromatic carbocycles. The van der Waals surface area contributed by atoms with Crippen molar-refractivity contribution < 1.29 is 4.79 Å². The van der Waals surface area contributed by atoms with E-state index in [0.717, 1.165) is 32.2 Å². The molecule has 0 fully saturated rings. The Bertz CT molecular complexity index is 230. The summed E-state index contributed by atoms with van der Waals surface area (Å²) < 4.78 is 0. The highest BCUT2D eigenvalue weighted by atomic mass is 16.2. The summed E-state index contributed by atoms with van der Waals surface area (Å²) in [6.45, 7) is 9.99. The summed E-state index contributed by atoms with van der Waals surface area (Å²) in [6, 6.07) is 0. The summed E-state index contributed by atoms with van der Waals surface area (Å²) in [4.78, 5) is 13.7. The first-order chi connectivity index (χ1) is 8.87. The highest BCUT2D eigenvalue weighted by molar-refractivity contribution is 5.75. The van der Waals surface area contributed by atoms with Gasteiger partial charge in [-0.25, -0.2) is 0 Å². The van der Waals surface area contributed by atoms with Crippen molar-refractivity contribution in [3.8, 4) is 0 Å². The van der Waals surface area contributed by atoms with Gasteiger partial charge >= 0.3 is 0 Å². The number of rotatable bonds is 10. The Balaban J connectivity index is 3.41. The minimum atomic E-state index is 0.322. The third-order valence-electron chi connectivity index (χ3n) is 3.59. The van der Waals surface area contributed by atoms with Crippen LogP contribution in [0, 0.1) is 5.41 Å². The average molecular weight is 269 g/mol. The van der Waals surface area contributed by atoms with Gasteiger partial charge < -0.3 is 4.90 Å². The lowest BCUT2D eigenvalue weighted by Crippen LogP contribution is -2.27. The van der Waals surface area contributed by atoms with Crippen molar-refractivity contribution >= 4 is 5.91 Å². The fourth-order valence-corrected chi connectivity index (χ4v) is 2.17. The summed E-state index contributed by atoms with van der Waals surface area (Å²) in [7, 11) is 1.93. The molecule has 0 aliphatic heterocycles. The van der Waals surface area contributed by atoms with Crippen molar-refractivity contribution in [2.45, 2.75) is 85.5 Å². The first kappa shape index (κ1) is 18.5. The smallest absolute Gasteiger partial charge is 0.222 e. The minimum Gasteiger partial charge on any atom is -0.346 e. The maximum absolute atomic E-state index is 11.8. The Morgan fingerprint density at radius 3 is 2.11 bits per heavy atom. The van der Waals surface area contributed by atoms with Gasteiger partial charge in [-0.3, -0.25) is 4.79 Å². The number of hydrogen-bond donors (Lipinski definition) is 0. The van der Waals surface area contributed by atoms with E-state index in [9.17, 15) is 4.79 Å². The van der Waals surface area contributed by atoms with E-state index in [4.69, 9.17) is 0 Å². The third kappa shape index (κ3) is 12.3. The Kier molecular flexibility index (Phi) is 9.99. The number of nitrogens with zero attached hydrogens (tertiary/aromatic N) is 1. The first-order valence-corrected chi connectivity index (χ1v) is 8.11. The molecule has 0 spiro atoms. The lowest BCUT2D eigenvalue weighted by atomic mass is 9.89. The molecule has 0 aliphatic rings. The van der Waals surface area contributed by atoms with Crippen LogP contribution in [-0.2, 0) is 4.79 Å². The Labute approximate surface area is 120 Å². The molecular weight excluding hydrogens is 234 g/mol. The van der Waals surface area contributed by atoms with Gasteiger partial charge in [-0.15, -0.1) is 0 Å². The highest BCUT2D eigenvalue weighted by Crippen LogP contribution is 2.22. The van der Waals surface area contributed by atoms with E-state index in [1.165, 1.54) is 32.1 Å². The zero-order valence-corrected chi connectivity index (χ0v) is 13.9. The monoisotopic (exact) mass is 269 g/mol. The molecule has 0 aromatic heterocycles. The van der Waals surface area contributed by atoms with Crippen LogP contribution < -0.4 is 0 Å². The van der Waals surface area contributed by atoms with Crippen molar-refractivity contribution in [2.24, 2.45) is 5.41 Å². The molecule has 0 heterocycles. The summed E-state index contributed by atoms with van der Waals surface area (Å²) >= 11 is 0. The molecule has 0 aromatic rings. The van der Waals surface area contributed by atoms with Crippen molar-refractivity contribution in [1.29, 1.82) is 0 Å². The number of carbonyl (C=O) groups excluding carboxylic acids is 1. The van der Waals surface area contributed by atoms with E-state index in [1.54, 1.807) is 0 Å². The van der Waals surface area contributed by atoms with Gasteiger partial charge in [0.05, 0.1) is 0 Å². The van der Waals surface area contributed by atoms with E-state index >= 15 is 0 Å². The zero-order valence-electron chi connectivity index (χ0n) is 13.9. The van der Waals surface area contributed by atoms with Gasteiger partial charge in [-0.2, -0.15) is 0 Å². The van der Waals surface area contributed by atoms with Crippen LogP contribution in [0.5, 0.6) is 0 Å². The van der Waals surface area contributed by atoms with Crippen LogP contribution in [-0.4, -0.2) is 24.4 Å². The van der Waals surface area contributed by atoms with Crippen molar-refractivity contribution in [3.05, 3.63) is 0 Å². The molecule has 0 N–H and O–H groups in total. The number of amides is 1. The number of unbranched alkanes of at least 4 members (excludes halogenated alkanes) is 5. The molecule has 0 saturated carbocycles. The van der Waals surface area contributed by atoms with Gasteiger partial charge in [-0.05, 0) is 24.7 Å². The van der Waals surface area contributed by atoms with E-state index in [1.807, 2.05) is 11.9 Å². The molecule has 1 amide bonds. The Morgan fingerprint density at radius 2 is 1.53 bits per heavy atom. The lowest BCUT2D eigenvalue weighted by molar-refractivity contribution is -0.130. The predicted molar refractivity (Wildman–Crippen MR) is 84.3 cm³/mol. The second-order valence-electron chi connectivity index (χ2n) is 7.00. The minimum absolute atomic E-state index is 0.322. The summed E-state index contributed by atoms with van der Waals surface area (Å²) in [6.07, 6.45) is 10.5. The molecule has 0 atom stereocenters. The van der Waals surface area contributed by atoms with Crippen LogP contribution >= 0.6 is 0 Å². The fraction of sp³-hybridized carbons (Fsp3) is 0.941. The fourth-order valence-electron chi connectivity index (χ4n) is 2.17. The molecular formula is C17H35NO. The second kappa shape index (κ2) is 10.3. The van der Waals surface area contributed by atoms with Crippen molar-refractivity contribution in [1.82, 2.24) is 4.90 Å². The van der Waals surface area contributed by atoms with Crippen molar-refractivity contribution in [2.75, 3.05) is 13.6 Å². The molecule has 114 valence electrons. The quantitative estimate of drug-likeness (QED) is 0.510. The predicted octanol–water partition coefficient (Wildman–Crippen LogP) is 5.02. The number of hydrogen-bond acceptors (Lipinski definition) is 1. The van der Waals surface area contributed by atoms with Gasteiger partial charge in [0.1, 0.15) is 0 Å². The van der Waals surface area contributed by atoms with Gasteiger partial charge in [0, 0.05) is 20.0 Å². The van der Waals surface area contributed by atoms with Crippen LogP contribution in [0.15, 0.2) is 0 Å². The Hall–Kier alpha value is -0.530. The van der Waals surface area contributed by atoms with E-state index in [-0.39, 0.29) is 0 Å². The second-order valence-corrected chi connectivity index (χ2v) is 7.00. The summed E-state index contributed by atoms with van der Waals surface area (Å²) in [5.74, 6) is 0.322. The van der Waals surface area contributed by atoms with E-state index in [0.29, 0.717) is 11.3 Å². The van der Waals surface area contributed by atoms with Gasteiger partial charge in [0.2, 0.25) is 5.91 Å². The van der Waals surface area contributed by atoms with Crippen LogP contribution in [0.1, 0.15) is 85.5 Å². The largest absolute Gasteiger partial charge is 0.346 e. The van der Waals surface area contributed by atoms with Crippen LogP contribution in [0.4, 0.5) is 0 Å². The van der Waals surface area contributed by atoms with Gasteiger partial charge in [0.25, 0.3) is 0 Å². The molecule has 2 heteroatoms. The van der Waals surface area contributed by atoms with Gasteiger partial charge in [-0.1, -0.05) is 59.8 Å². The molecule has 0 unspecified atom stereocenters. The topological polar surface area (TPSA) is 20.3 Å². The summed E-state index contributed by atoms with van der Waals surface area (Å²) in [5, 5.41) is 0. The van der Waals surface area contributed by atoms with Crippen LogP contribution in [0.25, 0.3) is 0 Å². The molecule has 2 nitrogen and oxygen atoms in total. The third-order valence-corrected chi connectivity index (χ3v) is 3.59. The summed E-state index contributed by atoms with van der Waals surface area (Å²) in [5.41, 5.74) is 0.470. The highest BCUT2D eigenvalue weighted by Gasteiger charge is 2.09. The average Bonchev–Trinajstić information content (AvgIpc) is 2.33. The van der Waals surface area contributed by atoms with Crippen molar-refractivity contribution in [3.63, 3.8) is 0 Å². The van der Waals surface area contributed by atoms with Crippen LogP contribution in [0.3, 0.4) is 0 Å². The lowest BCUT2D eigenvalue weighted by Gasteiger charge is -2.17. The first-order valence-electron chi connectivity index (χ1n) is 8.11. The standard InChI is InChI=1S/C17H35NO/c1-6-7-15-18(5)16(19)13-11-9-8-10-12-14-17(2,3)4/h6-15H2,1-5H3. The molecule has 0 saturated heterocycles. The van der Waals surface area contributed by atoms with E-state index in [2.05, 4.69) is 27.7 Å². The zero-order chi connectivity index (χ0) is 14.7. The number of carbonyl (C=O) groups is 1. The maximum atomic E-state index is 11.8. The molecule has 0 bridgehead atoms. The Morgan fingerprint density at radius 1 is 0.947 bits per heavy atom. The molecule has 19 heavy (non-hydrogen) atoms. The maximum Gasteiger partial charge on any atom is 0.222 e. The van der Waals surface area contributed by atoms with Gasteiger partial charge in [0.15, 0.2) is 0 Å². The van der Waals surface area contributed by atoms with Crippen LogP contribution in [0.2, 0.25) is 0 Å². The molecule has 0 radical (unpaired) electrons. The normalized spacial score (nSPS) is 11.6. The molecule has 0 aliphatic carbocycles. The molecule has 0 rings (SSSR count). The van der Waals surface area contributed by atoms with E-state index < -0.39 is 0 Å². The SMILES string of the molecule is CCCCN(C)C(=O)CCCCCCCC(C)(C)C.